The highest BCUT2D eigenvalue weighted by molar-refractivity contribution is 5.76. The number of methoxy groups -OCH3 is 1. The highest BCUT2D eigenvalue weighted by Gasteiger charge is 2.11. The second-order valence-corrected chi connectivity index (χ2v) is 6.35. The van der Waals surface area contributed by atoms with Crippen molar-refractivity contribution in [1.29, 1.82) is 0 Å². The molecule has 0 aliphatic rings. The Morgan fingerprint density at radius 3 is 2.63 bits per heavy atom. The first kappa shape index (κ1) is 18.6. The number of hydrogen-bond acceptors (Lipinski definition) is 6. The molecule has 0 saturated heterocycles. The van der Waals surface area contributed by atoms with Crippen LogP contribution in [0.1, 0.15) is 31.7 Å². The van der Waals surface area contributed by atoms with Gasteiger partial charge in [0.1, 0.15) is 5.75 Å². The fourth-order valence-corrected chi connectivity index (χ4v) is 2.53. The minimum atomic E-state index is -0.0582. The quantitative estimate of drug-likeness (QED) is 0.654. The van der Waals surface area contributed by atoms with Crippen LogP contribution in [0.5, 0.6) is 11.6 Å². The normalized spacial score (nSPS) is 11.0. The van der Waals surface area contributed by atoms with E-state index in [9.17, 15) is 4.79 Å². The van der Waals surface area contributed by atoms with Crippen molar-refractivity contribution < 1.29 is 14.3 Å². The van der Waals surface area contributed by atoms with Gasteiger partial charge in [-0.2, -0.15) is 4.52 Å². The molecule has 0 radical (unpaired) electrons. The third kappa shape index (κ3) is 4.93. The number of rotatable bonds is 8. The van der Waals surface area contributed by atoms with Crippen molar-refractivity contribution in [3.8, 4) is 11.6 Å². The number of nitrogens with one attached hydrogen (secondary N) is 1. The van der Waals surface area contributed by atoms with Gasteiger partial charge in [0.05, 0.1) is 13.2 Å². The smallest absolute Gasteiger partial charge is 0.232 e. The van der Waals surface area contributed by atoms with E-state index in [4.69, 9.17) is 9.47 Å². The summed E-state index contributed by atoms with van der Waals surface area (Å²) >= 11 is 0. The maximum Gasteiger partial charge on any atom is 0.232 e. The molecule has 0 aliphatic heterocycles. The maximum atomic E-state index is 12.1. The number of aromatic nitrogens is 4. The highest BCUT2D eigenvalue weighted by atomic mass is 16.5. The van der Waals surface area contributed by atoms with Gasteiger partial charge in [-0.05, 0) is 37.6 Å². The van der Waals surface area contributed by atoms with Crippen LogP contribution in [0.4, 0.5) is 0 Å². The van der Waals surface area contributed by atoms with Gasteiger partial charge in [0.25, 0.3) is 0 Å². The molecule has 3 rings (SSSR count). The standard InChI is InChI=1S/C19H23N5O3/c1-13(2)27-19-11-9-17-22-21-16(24(17)23-19)8-10-18(25)20-12-14-4-6-15(26-3)7-5-14/h4-7,9,11,13H,8,10,12H2,1-3H3,(H,20,25). The van der Waals surface area contributed by atoms with Crippen molar-refractivity contribution in [2.75, 3.05) is 7.11 Å². The zero-order valence-electron chi connectivity index (χ0n) is 15.7. The van der Waals surface area contributed by atoms with Crippen LogP contribution in [0.15, 0.2) is 36.4 Å². The first-order valence-corrected chi connectivity index (χ1v) is 8.83. The van der Waals surface area contributed by atoms with Crippen LogP contribution < -0.4 is 14.8 Å². The van der Waals surface area contributed by atoms with Gasteiger partial charge in [0.15, 0.2) is 11.5 Å². The van der Waals surface area contributed by atoms with Gasteiger partial charge in [0.2, 0.25) is 11.8 Å². The molecule has 1 aromatic carbocycles. The number of fused-ring (bicyclic) bond motifs is 1. The van der Waals surface area contributed by atoms with Gasteiger partial charge < -0.3 is 14.8 Å². The van der Waals surface area contributed by atoms with E-state index >= 15 is 0 Å². The molecule has 0 aliphatic carbocycles. The van der Waals surface area contributed by atoms with E-state index < -0.39 is 0 Å². The average Bonchev–Trinajstić information content (AvgIpc) is 3.07. The molecule has 0 fully saturated rings. The van der Waals surface area contributed by atoms with E-state index in [1.54, 1.807) is 23.8 Å². The van der Waals surface area contributed by atoms with E-state index in [0.717, 1.165) is 11.3 Å². The number of amides is 1. The van der Waals surface area contributed by atoms with Crippen LogP contribution in [-0.4, -0.2) is 38.9 Å². The van der Waals surface area contributed by atoms with Crippen LogP contribution in [0, 0.1) is 0 Å². The van der Waals surface area contributed by atoms with Crippen molar-refractivity contribution in [2.24, 2.45) is 0 Å². The van der Waals surface area contributed by atoms with Crippen LogP contribution in [0.3, 0.4) is 0 Å². The molecule has 1 amide bonds. The molecule has 2 heterocycles. The Kier molecular flexibility index (Phi) is 5.85. The van der Waals surface area contributed by atoms with E-state index in [1.165, 1.54) is 0 Å². The third-order valence-corrected chi connectivity index (χ3v) is 3.88. The van der Waals surface area contributed by atoms with Gasteiger partial charge >= 0.3 is 0 Å². The predicted octanol–water partition coefficient (Wildman–Crippen LogP) is 2.17. The molecular weight excluding hydrogens is 346 g/mol. The molecule has 8 nitrogen and oxygen atoms in total. The summed E-state index contributed by atoms with van der Waals surface area (Å²) in [7, 11) is 1.62. The second-order valence-electron chi connectivity index (χ2n) is 6.35. The minimum Gasteiger partial charge on any atom is -0.497 e. The van der Waals surface area contributed by atoms with Crippen LogP contribution in [-0.2, 0) is 17.8 Å². The molecule has 0 spiro atoms. The zero-order chi connectivity index (χ0) is 19.2. The molecule has 0 atom stereocenters. The summed E-state index contributed by atoms with van der Waals surface area (Å²) in [5.74, 6) is 1.86. The number of hydrogen-bond donors (Lipinski definition) is 1. The van der Waals surface area contributed by atoms with Crippen LogP contribution in [0.25, 0.3) is 5.65 Å². The van der Waals surface area contributed by atoms with E-state index in [-0.39, 0.29) is 12.0 Å². The van der Waals surface area contributed by atoms with Crippen molar-refractivity contribution >= 4 is 11.6 Å². The molecule has 0 saturated carbocycles. The fourth-order valence-electron chi connectivity index (χ4n) is 2.53. The summed E-state index contributed by atoms with van der Waals surface area (Å²) in [6.07, 6.45) is 0.764. The highest BCUT2D eigenvalue weighted by Crippen LogP contribution is 2.13. The lowest BCUT2D eigenvalue weighted by Crippen LogP contribution is -2.23. The maximum absolute atomic E-state index is 12.1. The lowest BCUT2D eigenvalue weighted by Gasteiger charge is -2.08. The first-order chi connectivity index (χ1) is 13.0. The Morgan fingerprint density at radius 2 is 1.93 bits per heavy atom. The minimum absolute atomic E-state index is 0.0265. The van der Waals surface area contributed by atoms with Gasteiger partial charge in [0, 0.05) is 25.5 Å². The topological polar surface area (TPSA) is 90.6 Å². The van der Waals surface area contributed by atoms with Crippen molar-refractivity contribution in [2.45, 2.75) is 39.3 Å². The predicted molar refractivity (Wildman–Crippen MR) is 99.7 cm³/mol. The number of benzene rings is 1. The van der Waals surface area contributed by atoms with Gasteiger partial charge in [-0.3, -0.25) is 4.79 Å². The Balaban J connectivity index is 1.56. The van der Waals surface area contributed by atoms with Crippen molar-refractivity contribution in [3.63, 3.8) is 0 Å². The molecular formula is C19H23N5O3. The van der Waals surface area contributed by atoms with Crippen molar-refractivity contribution in [3.05, 3.63) is 47.8 Å². The number of ether oxygens (including phenoxy) is 2. The Labute approximate surface area is 157 Å². The SMILES string of the molecule is COc1ccc(CNC(=O)CCc2nnc3ccc(OC(C)C)nn23)cc1. The average molecular weight is 369 g/mol. The van der Waals surface area contributed by atoms with Crippen LogP contribution >= 0.6 is 0 Å². The number of aryl methyl sites for hydroxylation is 1. The summed E-state index contributed by atoms with van der Waals surface area (Å²) in [6.45, 7) is 4.34. The summed E-state index contributed by atoms with van der Waals surface area (Å²) in [4.78, 5) is 12.1. The fraction of sp³-hybridized carbons (Fsp3) is 0.368. The van der Waals surface area contributed by atoms with Crippen molar-refractivity contribution in [1.82, 2.24) is 25.1 Å². The van der Waals surface area contributed by atoms with Gasteiger partial charge in [-0.1, -0.05) is 12.1 Å². The molecule has 0 unspecified atom stereocenters. The Morgan fingerprint density at radius 1 is 1.15 bits per heavy atom. The van der Waals surface area contributed by atoms with Crippen LogP contribution in [0.2, 0.25) is 0 Å². The monoisotopic (exact) mass is 369 g/mol. The summed E-state index contributed by atoms with van der Waals surface area (Å²) in [5, 5.41) is 15.5. The second kappa shape index (κ2) is 8.48. The molecule has 0 bridgehead atoms. The lowest BCUT2D eigenvalue weighted by molar-refractivity contribution is -0.121. The summed E-state index contributed by atoms with van der Waals surface area (Å²) in [5.41, 5.74) is 1.63. The lowest BCUT2D eigenvalue weighted by atomic mass is 10.2. The molecule has 27 heavy (non-hydrogen) atoms. The van der Waals surface area contributed by atoms with Gasteiger partial charge in [-0.25, -0.2) is 0 Å². The number of carbonyl (C=O) groups excluding carboxylic acids is 1. The molecule has 8 heteroatoms. The first-order valence-electron chi connectivity index (χ1n) is 8.83. The van der Waals surface area contributed by atoms with Gasteiger partial charge in [-0.15, -0.1) is 15.3 Å². The Bertz CT molecular complexity index is 905. The number of carbonyl (C=O) groups is 1. The Hall–Kier alpha value is -3.16. The third-order valence-electron chi connectivity index (χ3n) is 3.88. The van der Waals surface area contributed by atoms with E-state index in [0.29, 0.717) is 36.7 Å². The number of nitrogens with zero attached hydrogens (tertiary/aromatic N) is 4. The van der Waals surface area contributed by atoms with E-state index in [1.807, 2.05) is 38.1 Å². The summed E-state index contributed by atoms with van der Waals surface area (Å²) in [6, 6.07) is 11.1. The largest absolute Gasteiger partial charge is 0.497 e. The summed E-state index contributed by atoms with van der Waals surface area (Å²) < 4.78 is 12.3. The zero-order valence-corrected chi connectivity index (χ0v) is 15.7. The van der Waals surface area contributed by atoms with E-state index in [2.05, 4.69) is 20.6 Å². The molecule has 3 aromatic rings. The molecule has 2 aromatic heterocycles. The molecule has 1 N–H and O–H groups in total. The molecule has 142 valence electrons.